The first kappa shape index (κ1) is 13.6. The molecule has 0 bridgehead atoms. The predicted octanol–water partition coefficient (Wildman–Crippen LogP) is 2.76. The molecule has 94 valence electrons. The first-order valence-electron chi connectivity index (χ1n) is 6.27. The van der Waals surface area contributed by atoms with Gasteiger partial charge in [-0.15, -0.1) is 0 Å². The van der Waals surface area contributed by atoms with Crippen LogP contribution in [0.25, 0.3) is 0 Å². The van der Waals surface area contributed by atoms with Crippen LogP contribution in [0.3, 0.4) is 0 Å². The van der Waals surface area contributed by atoms with E-state index in [1.807, 2.05) is 30.3 Å². The number of unbranched alkanes of at least 4 members (excludes halogenated alkanes) is 3. The molecule has 0 spiro atoms. The molecule has 0 aliphatic rings. The molecule has 3 nitrogen and oxygen atoms in total. The van der Waals surface area contributed by atoms with Crippen molar-refractivity contribution in [1.82, 2.24) is 5.32 Å². The number of nitrogens with one attached hydrogen (secondary N) is 1. The average Bonchev–Trinajstić information content (AvgIpc) is 2.37. The van der Waals surface area contributed by atoms with Crippen LogP contribution in [-0.2, 0) is 4.79 Å². The molecule has 0 atom stereocenters. The summed E-state index contributed by atoms with van der Waals surface area (Å²) in [5, 5.41) is 2.85. The van der Waals surface area contributed by atoms with Gasteiger partial charge in [-0.3, -0.25) is 4.79 Å². The zero-order chi connectivity index (χ0) is 12.3. The van der Waals surface area contributed by atoms with Crippen LogP contribution in [0.5, 0.6) is 5.75 Å². The van der Waals surface area contributed by atoms with E-state index >= 15 is 0 Å². The topological polar surface area (TPSA) is 38.3 Å². The van der Waals surface area contributed by atoms with Crippen molar-refractivity contribution in [1.29, 1.82) is 0 Å². The first-order valence-corrected chi connectivity index (χ1v) is 6.27. The zero-order valence-corrected chi connectivity index (χ0v) is 10.4. The van der Waals surface area contributed by atoms with Crippen molar-refractivity contribution in [3.8, 4) is 5.75 Å². The highest BCUT2D eigenvalue weighted by Gasteiger charge is 2.01. The Hall–Kier alpha value is -1.51. The molecule has 0 radical (unpaired) electrons. The van der Waals surface area contributed by atoms with Crippen molar-refractivity contribution < 1.29 is 9.53 Å². The van der Waals surface area contributed by atoms with Gasteiger partial charge in [0.25, 0.3) is 5.91 Å². The Kier molecular flexibility index (Phi) is 6.87. The third-order valence-corrected chi connectivity index (χ3v) is 2.47. The highest BCUT2D eigenvalue weighted by Crippen LogP contribution is 2.07. The summed E-state index contributed by atoms with van der Waals surface area (Å²) in [6, 6.07) is 9.37. The van der Waals surface area contributed by atoms with E-state index in [2.05, 4.69) is 12.2 Å². The van der Waals surface area contributed by atoms with E-state index in [4.69, 9.17) is 4.74 Å². The number of carbonyl (C=O) groups excluding carboxylic acids is 1. The Morgan fingerprint density at radius 1 is 1.18 bits per heavy atom. The van der Waals surface area contributed by atoms with Crippen molar-refractivity contribution >= 4 is 5.91 Å². The van der Waals surface area contributed by atoms with Gasteiger partial charge in [0.05, 0.1) is 0 Å². The van der Waals surface area contributed by atoms with Crippen LogP contribution >= 0.6 is 0 Å². The van der Waals surface area contributed by atoms with Gasteiger partial charge in [-0.2, -0.15) is 0 Å². The molecule has 0 aliphatic heterocycles. The quantitative estimate of drug-likeness (QED) is 0.704. The van der Waals surface area contributed by atoms with E-state index in [1.165, 1.54) is 19.3 Å². The second kappa shape index (κ2) is 8.62. The fraction of sp³-hybridized carbons (Fsp3) is 0.500. The third-order valence-electron chi connectivity index (χ3n) is 2.47. The standard InChI is InChI=1S/C14H21NO2/c1-2-3-4-8-11-15-14(16)12-17-13-9-6-5-7-10-13/h5-7,9-10H,2-4,8,11-12H2,1H3,(H,15,16). The minimum atomic E-state index is -0.0506. The highest BCUT2D eigenvalue weighted by molar-refractivity contribution is 5.77. The molecule has 0 saturated heterocycles. The second-order valence-corrected chi connectivity index (χ2v) is 4.01. The van der Waals surface area contributed by atoms with Gasteiger partial charge < -0.3 is 10.1 Å². The van der Waals surface area contributed by atoms with Crippen LogP contribution in [0.15, 0.2) is 30.3 Å². The first-order chi connectivity index (χ1) is 8.33. The molecular weight excluding hydrogens is 214 g/mol. The lowest BCUT2D eigenvalue weighted by atomic mass is 10.2. The lowest BCUT2D eigenvalue weighted by molar-refractivity contribution is -0.123. The molecule has 0 saturated carbocycles. The average molecular weight is 235 g/mol. The number of hydrogen-bond donors (Lipinski definition) is 1. The molecule has 1 rings (SSSR count). The summed E-state index contributed by atoms with van der Waals surface area (Å²) in [4.78, 5) is 11.4. The van der Waals surface area contributed by atoms with Crippen LogP contribution < -0.4 is 10.1 Å². The Balaban J connectivity index is 2.05. The van der Waals surface area contributed by atoms with E-state index in [1.54, 1.807) is 0 Å². The summed E-state index contributed by atoms with van der Waals surface area (Å²) in [5.74, 6) is 0.680. The molecule has 3 heteroatoms. The van der Waals surface area contributed by atoms with Crippen LogP contribution in [0, 0.1) is 0 Å². The molecule has 0 heterocycles. The summed E-state index contributed by atoms with van der Waals surface area (Å²) in [6.45, 7) is 3.01. The van der Waals surface area contributed by atoms with Crippen LogP contribution in [0.4, 0.5) is 0 Å². The monoisotopic (exact) mass is 235 g/mol. The number of benzene rings is 1. The lowest BCUT2D eigenvalue weighted by Crippen LogP contribution is -2.29. The maximum Gasteiger partial charge on any atom is 0.257 e. The van der Waals surface area contributed by atoms with Gasteiger partial charge in [0.2, 0.25) is 0 Å². The van der Waals surface area contributed by atoms with Gasteiger partial charge in [-0.25, -0.2) is 0 Å². The number of hydrogen-bond acceptors (Lipinski definition) is 2. The number of amides is 1. The minimum absolute atomic E-state index is 0.0506. The van der Waals surface area contributed by atoms with E-state index in [-0.39, 0.29) is 12.5 Å². The number of ether oxygens (including phenoxy) is 1. The molecule has 0 aliphatic carbocycles. The fourth-order valence-electron chi connectivity index (χ4n) is 1.50. The summed E-state index contributed by atoms with van der Waals surface area (Å²) in [6.07, 6.45) is 4.67. The second-order valence-electron chi connectivity index (χ2n) is 4.01. The van der Waals surface area contributed by atoms with Crippen LogP contribution in [0.2, 0.25) is 0 Å². The molecule has 1 amide bonds. The number of carbonyl (C=O) groups is 1. The van der Waals surface area contributed by atoms with Crippen molar-refractivity contribution in [3.63, 3.8) is 0 Å². The molecule has 0 fully saturated rings. The van der Waals surface area contributed by atoms with Crippen molar-refractivity contribution in [2.24, 2.45) is 0 Å². The number of rotatable bonds is 8. The Labute approximate surface area is 103 Å². The molecule has 1 N–H and O–H groups in total. The predicted molar refractivity (Wildman–Crippen MR) is 69.1 cm³/mol. The minimum Gasteiger partial charge on any atom is -0.484 e. The van der Waals surface area contributed by atoms with Crippen molar-refractivity contribution in [3.05, 3.63) is 30.3 Å². The van der Waals surface area contributed by atoms with Gasteiger partial charge in [0.1, 0.15) is 5.75 Å². The molecule has 0 aromatic heterocycles. The van der Waals surface area contributed by atoms with E-state index < -0.39 is 0 Å². The van der Waals surface area contributed by atoms with E-state index in [9.17, 15) is 4.79 Å². The van der Waals surface area contributed by atoms with Gasteiger partial charge >= 0.3 is 0 Å². The van der Waals surface area contributed by atoms with E-state index in [0.717, 1.165) is 18.7 Å². The SMILES string of the molecule is CCCCCCNC(=O)COc1ccccc1. The Bertz CT molecular complexity index is 311. The molecule has 17 heavy (non-hydrogen) atoms. The summed E-state index contributed by atoms with van der Waals surface area (Å²) in [7, 11) is 0. The fourth-order valence-corrected chi connectivity index (χ4v) is 1.50. The smallest absolute Gasteiger partial charge is 0.257 e. The summed E-state index contributed by atoms with van der Waals surface area (Å²) < 4.78 is 5.33. The normalized spacial score (nSPS) is 9.94. The van der Waals surface area contributed by atoms with Gasteiger partial charge in [0.15, 0.2) is 6.61 Å². The van der Waals surface area contributed by atoms with Gasteiger partial charge in [-0.05, 0) is 18.6 Å². The molecular formula is C14H21NO2. The maximum absolute atomic E-state index is 11.4. The zero-order valence-electron chi connectivity index (χ0n) is 10.4. The molecule has 0 unspecified atom stereocenters. The summed E-state index contributed by atoms with van der Waals surface area (Å²) >= 11 is 0. The largest absolute Gasteiger partial charge is 0.484 e. The number of para-hydroxylation sites is 1. The van der Waals surface area contributed by atoms with Gasteiger partial charge in [-0.1, -0.05) is 44.4 Å². The van der Waals surface area contributed by atoms with Crippen molar-refractivity contribution in [2.45, 2.75) is 32.6 Å². The molecule has 1 aromatic rings. The lowest BCUT2D eigenvalue weighted by Gasteiger charge is -2.07. The van der Waals surface area contributed by atoms with Gasteiger partial charge in [0, 0.05) is 6.54 Å². The maximum atomic E-state index is 11.4. The van der Waals surface area contributed by atoms with Crippen LogP contribution in [-0.4, -0.2) is 19.1 Å². The third kappa shape index (κ3) is 6.61. The molecule has 1 aromatic carbocycles. The van der Waals surface area contributed by atoms with Crippen LogP contribution in [0.1, 0.15) is 32.6 Å². The Morgan fingerprint density at radius 3 is 2.65 bits per heavy atom. The Morgan fingerprint density at radius 2 is 1.94 bits per heavy atom. The highest BCUT2D eigenvalue weighted by atomic mass is 16.5. The van der Waals surface area contributed by atoms with E-state index in [0.29, 0.717) is 0 Å². The van der Waals surface area contributed by atoms with Crippen molar-refractivity contribution in [2.75, 3.05) is 13.2 Å². The summed E-state index contributed by atoms with van der Waals surface area (Å²) in [5.41, 5.74) is 0.